The molecule has 0 aliphatic rings. The van der Waals surface area contributed by atoms with Gasteiger partial charge in [0.25, 0.3) is 0 Å². The van der Waals surface area contributed by atoms with Gasteiger partial charge in [0.05, 0.1) is 5.69 Å². The van der Waals surface area contributed by atoms with Crippen LogP contribution in [0, 0.1) is 3.57 Å². The molecule has 3 rings (SSSR count). The maximum absolute atomic E-state index is 6.11. The van der Waals surface area contributed by atoms with E-state index in [1.54, 1.807) is 6.20 Å². The highest BCUT2D eigenvalue weighted by molar-refractivity contribution is 14.1. The van der Waals surface area contributed by atoms with E-state index in [0.717, 1.165) is 22.0 Å². The van der Waals surface area contributed by atoms with Gasteiger partial charge in [0.15, 0.2) is 0 Å². The second kappa shape index (κ2) is 4.82. The van der Waals surface area contributed by atoms with E-state index in [1.807, 2.05) is 30.5 Å². The summed E-state index contributed by atoms with van der Waals surface area (Å²) in [6, 6.07) is 12.1. The molecule has 0 spiro atoms. The van der Waals surface area contributed by atoms with Crippen molar-refractivity contribution in [3.05, 3.63) is 57.5 Å². The molecule has 0 bridgehead atoms. The lowest BCUT2D eigenvalue weighted by Crippen LogP contribution is -1.86. The van der Waals surface area contributed by atoms with Crippen molar-refractivity contribution in [2.24, 2.45) is 0 Å². The van der Waals surface area contributed by atoms with E-state index in [2.05, 4.69) is 44.7 Å². The van der Waals surface area contributed by atoms with Gasteiger partial charge in [-0.25, -0.2) is 4.98 Å². The topological polar surface area (TPSA) is 25.8 Å². The normalized spacial score (nSPS) is 10.8. The fourth-order valence-corrected chi connectivity index (χ4v) is 2.60. The first-order valence-corrected chi connectivity index (χ1v) is 6.86. The van der Waals surface area contributed by atoms with Crippen LogP contribution in [0.1, 0.15) is 0 Å². The van der Waals surface area contributed by atoms with Crippen LogP contribution in [0.5, 0.6) is 0 Å². The highest BCUT2D eigenvalue weighted by atomic mass is 127. The lowest BCUT2D eigenvalue weighted by Gasteiger charge is -2.04. The zero-order valence-corrected chi connectivity index (χ0v) is 12.2. The molecule has 2 nitrogen and oxygen atoms in total. The number of nitrogens with zero attached hydrogens (tertiary/aromatic N) is 2. The van der Waals surface area contributed by atoms with Gasteiger partial charge in [0.2, 0.25) is 0 Å². The zero-order valence-electron chi connectivity index (χ0n) is 9.27. The van der Waals surface area contributed by atoms with Gasteiger partial charge >= 0.3 is 0 Å². The fourth-order valence-electron chi connectivity index (χ4n) is 1.84. The van der Waals surface area contributed by atoms with Gasteiger partial charge in [-0.1, -0.05) is 23.7 Å². The van der Waals surface area contributed by atoms with Crippen molar-refractivity contribution in [2.75, 3.05) is 0 Å². The average Bonchev–Trinajstić information content (AvgIpc) is 2.39. The molecule has 0 radical (unpaired) electrons. The molecule has 2 aromatic heterocycles. The molecular formula is C14H8ClIN2. The zero-order chi connectivity index (χ0) is 12.5. The summed E-state index contributed by atoms with van der Waals surface area (Å²) >= 11 is 8.40. The molecule has 0 aliphatic carbocycles. The predicted molar refractivity (Wildman–Crippen MR) is 82.7 cm³/mol. The largest absolute Gasteiger partial charge is 0.256 e. The number of fused-ring (bicyclic) bond motifs is 1. The van der Waals surface area contributed by atoms with Gasteiger partial charge < -0.3 is 0 Å². The van der Waals surface area contributed by atoms with Crippen molar-refractivity contribution in [1.82, 2.24) is 9.97 Å². The smallest absolute Gasteiger partial charge is 0.136 e. The average molecular weight is 367 g/mol. The maximum atomic E-state index is 6.11. The minimum atomic E-state index is 0.516. The quantitative estimate of drug-likeness (QED) is 0.466. The summed E-state index contributed by atoms with van der Waals surface area (Å²) < 4.78 is 1.18. The van der Waals surface area contributed by atoms with Crippen LogP contribution >= 0.6 is 34.2 Å². The molecule has 0 N–H and O–H groups in total. The Morgan fingerprint density at radius 1 is 1.06 bits per heavy atom. The Labute approximate surface area is 123 Å². The molecule has 0 saturated heterocycles. The number of pyridine rings is 2. The Hall–Kier alpha value is -1.20. The van der Waals surface area contributed by atoms with Crippen LogP contribution in [0.4, 0.5) is 0 Å². The highest BCUT2D eigenvalue weighted by Crippen LogP contribution is 2.26. The molecule has 0 atom stereocenters. The Balaban J connectivity index is 2.22. The Morgan fingerprint density at radius 2 is 1.94 bits per heavy atom. The standard InChI is InChI=1S/C14H8ClIN2/c15-14-12-7-13(9-2-1-3-11(16)6-9)18-8-10(12)4-5-17-14/h1-8H. The van der Waals surface area contributed by atoms with Crippen molar-refractivity contribution in [3.8, 4) is 11.3 Å². The number of aromatic nitrogens is 2. The molecule has 18 heavy (non-hydrogen) atoms. The predicted octanol–water partition coefficient (Wildman–Crippen LogP) is 4.55. The summed E-state index contributed by atoms with van der Waals surface area (Å²) in [7, 11) is 0. The Bertz CT molecular complexity index is 728. The minimum Gasteiger partial charge on any atom is -0.256 e. The number of halogens is 2. The molecule has 3 aromatic rings. The van der Waals surface area contributed by atoms with Crippen LogP contribution in [-0.4, -0.2) is 9.97 Å². The first-order chi connectivity index (χ1) is 8.74. The van der Waals surface area contributed by atoms with E-state index in [4.69, 9.17) is 11.6 Å². The van der Waals surface area contributed by atoms with E-state index in [0.29, 0.717) is 5.15 Å². The Morgan fingerprint density at radius 3 is 2.78 bits per heavy atom. The third-order valence-electron chi connectivity index (χ3n) is 2.72. The lowest BCUT2D eigenvalue weighted by molar-refractivity contribution is 1.32. The number of hydrogen-bond acceptors (Lipinski definition) is 2. The van der Waals surface area contributed by atoms with Crippen molar-refractivity contribution in [3.63, 3.8) is 0 Å². The Kier molecular flexibility index (Phi) is 3.18. The summed E-state index contributed by atoms with van der Waals surface area (Å²) in [5.74, 6) is 0. The maximum Gasteiger partial charge on any atom is 0.136 e. The molecule has 4 heteroatoms. The van der Waals surface area contributed by atoms with Crippen molar-refractivity contribution < 1.29 is 0 Å². The van der Waals surface area contributed by atoms with Crippen molar-refractivity contribution >= 4 is 45.0 Å². The van der Waals surface area contributed by atoms with Gasteiger partial charge in [-0.15, -0.1) is 0 Å². The third kappa shape index (κ3) is 2.20. The summed E-state index contributed by atoms with van der Waals surface area (Å²) in [6.45, 7) is 0. The first-order valence-electron chi connectivity index (χ1n) is 5.40. The fraction of sp³-hybridized carbons (Fsp3) is 0. The van der Waals surface area contributed by atoms with Gasteiger partial charge in [0, 0.05) is 32.3 Å². The number of rotatable bonds is 1. The van der Waals surface area contributed by atoms with Crippen molar-refractivity contribution in [1.29, 1.82) is 0 Å². The first kappa shape index (κ1) is 11.9. The van der Waals surface area contributed by atoms with Gasteiger partial charge in [0.1, 0.15) is 5.15 Å². The minimum absolute atomic E-state index is 0.516. The van der Waals surface area contributed by atoms with Crippen LogP contribution in [0.2, 0.25) is 5.15 Å². The highest BCUT2D eigenvalue weighted by Gasteiger charge is 2.04. The van der Waals surface area contributed by atoms with Crippen LogP contribution in [0.3, 0.4) is 0 Å². The molecule has 2 heterocycles. The van der Waals surface area contributed by atoms with E-state index in [1.165, 1.54) is 3.57 Å². The lowest BCUT2D eigenvalue weighted by atomic mass is 10.1. The number of hydrogen-bond donors (Lipinski definition) is 0. The van der Waals surface area contributed by atoms with Crippen molar-refractivity contribution in [2.45, 2.75) is 0 Å². The molecule has 0 aliphatic heterocycles. The van der Waals surface area contributed by atoms with Gasteiger partial charge in [-0.05, 0) is 46.9 Å². The second-order valence-corrected chi connectivity index (χ2v) is 5.51. The summed E-state index contributed by atoms with van der Waals surface area (Å²) in [4.78, 5) is 8.57. The summed E-state index contributed by atoms with van der Waals surface area (Å²) in [6.07, 6.45) is 3.52. The summed E-state index contributed by atoms with van der Waals surface area (Å²) in [5, 5.41) is 2.45. The second-order valence-electron chi connectivity index (χ2n) is 3.90. The molecule has 0 amide bonds. The molecule has 1 aromatic carbocycles. The molecular weight excluding hydrogens is 359 g/mol. The summed E-state index contributed by atoms with van der Waals surface area (Å²) in [5.41, 5.74) is 2.00. The molecule has 0 saturated carbocycles. The van der Waals surface area contributed by atoms with Crippen LogP contribution < -0.4 is 0 Å². The SMILES string of the molecule is Clc1nccc2cnc(-c3cccc(I)c3)cc12. The van der Waals surface area contributed by atoms with E-state index >= 15 is 0 Å². The molecule has 88 valence electrons. The third-order valence-corrected chi connectivity index (χ3v) is 3.69. The monoisotopic (exact) mass is 366 g/mol. The van der Waals surface area contributed by atoms with Crippen LogP contribution in [0.25, 0.3) is 22.0 Å². The van der Waals surface area contributed by atoms with E-state index in [9.17, 15) is 0 Å². The van der Waals surface area contributed by atoms with Gasteiger partial charge in [-0.2, -0.15) is 0 Å². The van der Waals surface area contributed by atoms with Crippen LogP contribution in [-0.2, 0) is 0 Å². The molecule has 0 unspecified atom stereocenters. The van der Waals surface area contributed by atoms with Crippen LogP contribution in [0.15, 0.2) is 48.8 Å². The number of benzene rings is 1. The molecule has 0 fully saturated rings. The van der Waals surface area contributed by atoms with E-state index in [-0.39, 0.29) is 0 Å². The van der Waals surface area contributed by atoms with Gasteiger partial charge in [-0.3, -0.25) is 4.98 Å². The van der Waals surface area contributed by atoms with E-state index < -0.39 is 0 Å².